The zero-order valence-electron chi connectivity index (χ0n) is 19.2. The molecule has 5 heterocycles. The van der Waals surface area contributed by atoms with Crippen LogP contribution in [-0.4, -0.2) is 54.8 Å². The highest BCUT2D eigenvalue weighted by Gasteiger charge is 2.33. The number of likely N-dealkylation sites (tertiary alicyclic amines) is 1. The van der Waals surface area contributed by atoms with Crippen molar-refractivity contribution in [3.8, 4) is 0 Å². The number of hydrogen-bond donors (Lipinski definition) is 0. The summed E-state index contributed by atoms with van der Waals surface area (Å²) in [6.45, 7) is 5.51. The van der Waals surface area contributed by atoms with Crippen LogP contribution in [0.15, 0.2) is 18.3 Å². The third-order valence-electron chi connectivity index (χ3n) is 6.71. The molecule has 0 bridgehead atoms. The predicted octanol–water partition coefficient (Wildman–Crippen LogP) is 4.15. The van der Waals surface area contributed by atoms with Crippen LogP contribution in [0.4, 0.5) is 14.6 Å². The average Bonchev–Trinajstić information content (AvgIpc) is 3.50. The molecule has 0 spiro atoms. The predicted molar refractivity (Wildman–Crippen MR) is 120 cm³/mol. The number of halogens is 2. The largest absolute Gasteiger partial charge is 0.356 e. The lowest BCUT2D eigenvalue weighted by molar-refractivity contribution is 0.0407. The molecule has 0 aliphatic carbocycles. The van der Waals surface area contributed by atoms with E-state index < -0.39 is 12.5 Å². The monoisotopic (exact) mass is 457 g/mol. The second kappa shape index (κ2) is 8.39. The highest BCUT2D eigenvalue weighted by Crippen LogP contribution is 2.33. The topological polar surface area (TPSA) is 71.6 Å². The SMILES string of the molecule is Cc1cc(C(=O)N2CCCC[C@H]2c2cc3nc(N4CC[C@H](C)C4)c(C)cn3n2)n(C(F)F)n1. The lowest BCUT2D eigenvalue weighted by Gasteiger charge is -2.34. The number of aromatic nitrogens is 5. The number of carbonyl (C=O) groups excluding carboxylic acids is 1. The second-order valence-corrected chi connectivity index (χ2v) is 9.36. The maximum atomic E-state index is 13.5. The number of aryl methyl sites for hydroxylation is 2. The first-order valence-corrected chi connectivity index (χ1v) is 11.6. The number of rotatable bonds is 4. The highest BCUT2D eigenvalue weighted by molar-refractivity contribution is 5.93. The van der Waals surface area contributed by atoms with Crippen LogP contribution < -0.4 is 4.90 Å². The van der Waals surface area contributed by atoms with Crippen LogP contribution >= 0.6 is 0 Å². The maximum Gasteiger partial charge on any atom is 0.333 e. The van der Waals surface area contributed by atoms with Crippen molar-refractivity contribution in [2.45, 2.75) is 59.0 Å². The fourth-order valence-corrected chi connectivity index (χ4v) is 5.08. The molecule has 0 saturated carbocycles. The summed E-state index contributed by atoms with van der Waals surface area (Å²) >= 11 is 0. The number of carbonyl (C=O) groups is 1. The molecule has 0 N–H and O–H groups in total. The molecule has 3 aromatic rings. The molecule has 33 heavy (non-hydrogen) atoms. The van der Waals surface area contributed by atoms with Crippen LogP contribution in [0.25, 0.3) is 5.65 Å². The van der Waals surface area contributed by atoms with Gasteiger partial charge in [0, 0.05) is 37.5 Å². The summed E-state index contributed by atoms with van der Waals surface area (Å²) in [5, 5.41) is 8.55. The number of nitrogens with zero attached hydrogens (tertiary/aromatic N) is 7. The smallest absolute Gasteiger partial charge is 0.333 e. The summed E-state index contributed by atoms with van der Waals surface area (Å²) in [6.07, 6.45) is 5.64. The Balaban J connectivity index is 1.48. The van der Waals surface area contributed by atoms with Gasteiger partial charge in [0.2, 0.25) is 0 Å². The van der Waals surface area contributed by atoms with E-state index in [1.54, 1.807) is 16.3 Å². The Hall–Kier alpha value is -3.04. The van der Waals surface area contributed by atoms with Crippen LogP contribution in [0, 0.1) is 19.8 Å². The molecular formula is C23H29F2N7O. The Labute approximate surface area is 191 Å². The van der Waals surface area contributed by atoms with Crippen molar-refractivity contribution in [2.24, 2.45) is 5.92 Å². The van der Waals surface area contributed by atoms with Crippen molar-refractivity contribution in [1.82, 2.24) is 29.3 Å². The summed E-state index contributed by atoms with van der Waals surface area (Å²) in [5.41, 5.74) is 2.83. The van der Waals surface area contributed by atoms with Gasteiger partial charge >= 0.3 is 6.55 Å². The Kier molecular flexibility index (Phi) is 5.54. The van der Waals surface area contributed by atoms with E-state index >= 15 is 0 Å². The minimum absolute atomic E-state index is 0.0856. The molecule has 0 unspecified atom stereocenters. The Bertz CT molecular complexity index is 1190. The Morgan fingerprint density at radius 2 is 1.94 bits per heavy atom. The van der Waals surface area contributed by atoms with Gasteiger partial charge in [0.1, 0.15) is 11.5 Å². The molecule has 2 atom stereocenters. The van der Waals surface area contributed by atoms with E-state index in [0.717, 1.165) is 61.5 Å². The molecule has 3 aromatic heterocycles. The van der Waals surface area contributed by atoms with Crippen LogP contribution in [0.3, 0.4) is 0 Å². The molecule has 2 fully saturated rings. The average molecular weight is 458 g/mol. The summed E-state index contributed by atoms with van der Waals surface area (Å²) in [6, 6.07) is 3.07. The van der Waals surface area contributed by atoms with Gasteiger partial charge in [-0.3, -0.25) is 4.79 Å². The van der Waals surface area contributed by atoms with Crippen LogP contribution in [0.1, 0.15) is 72.6 Å². The van der Waals surface area contributed by atoms with Crippen molar-refractivity contribution in [3.05, 3.63) is 41.0 Å². The van der Waals surface area contributed by atoms with E-state index in [4.69, 9.17) is 10.1 Å². The number of anilines is 1. The Morgan fingerprint density at radius 3 is 2.67 bits per heavy atom. The number of fused-ring (bicyclic) bond motifs is 1. The molecule has 176 valence electrons. The summed E-state index contributed by atoms with van der Waals surface area (Å²) in [4.78, 5) is 22.2. The molecule has 10 heteroatoms. The quantitative estimate of drug-likeness (QED) is 0.589. The molecule has 2 saturated heterocycles. The van der Waals surface area contributed by atoms with E-state index in [-0.39, 0.29) is 11.7 Å². The van der Waals surface area contributed by atoms with E-state index in [0.29, 0.717) is 22.8 Å². The van der Waals surface area contributed by atoms with E-state index in [1.807, 2.05) is 19.2 Å². The van der Waals surface area contributed by atoms with Crippen molar-refractivity contribution < 1.29 is 13.6 Å². The summed E-state index contributed by atoms with van der Waals surface area (Å²) in [5.74, 6) is 1.19. The minimum Gasteiger partial charge on any atom is -0.356 e. The van der Waals surface area contributed by atoms with E-state index in [2.05, 4.69) is 16.9 Å². The van der Waals surface area contributed by atoms with Crippen molar-refractivity contribution in [2.75, 3.05) is 24.5 Å². The minimum atomic E-state index is -2.87. The van der Waals surface area contributed by atoms with Crippen LogP contribution in [0.2, 0.25) is 0 Å². The molecule has 0 radical (unpaired) electrons. The van der Waals surface area contributed by atoms with Crippen LogP contribution in [0.5, 0.6) is 0 Å². The maximum absolute atomic E-state index is 13.5. The molecule has 5 rings (SSSR count). The standard InChI is InChI=1S/C23H29F2N7O/c1-14-7-9-29(12-14)21-15(2)13-31-20(26-21)11-17(28-31)18-6-4-5-8-30(18)22(33)19-10-16(3)27-32(19)23(24)25/h10-11,13-14,18,23H,4-9,12H2,1-3H3/t14-,18-/m0/s1. The van der Waals surface area contributed by atoms with Gasteiger partial charge < -0.3 is 9.80 Å². The number of hydrogen-bond acceptors (Lipinski definition) is 5. The van der Waals surface area contributed by atoms with Gasteiger partial charge in [-0.2, -0.15) is 23.7 Å². The molecule has 1 amide bonds. The van der Waals surface area contributed by atoms with Crippen molar-refractivity contribution in [1.29, 1.82) is 0 Å². The summed E-state index contributed by atoms with van der Waals surface area (Å²) < 4.78 is 29.2. The molecule has 2 aliphatic rings. The van der Waals surface area contributed by atoms with Gasteiger partial charge in [-0.1, -0.05) is 6.92 Å². The first-order valence-electron chi connectivity index (χ1n) is 11.6. The highest BCUT2D eigenvalue weighted by atomic mass is 19.3. The van der Waals surface area contributed by atoms with Gasteiger partial charge in [0.25, 0.3) is 5.91 Å². The van der Waals surface area contributed by atoms with Crippen molar-refractivity contribution in [3.63, 3.8) is 0 Å². The Morgan fingerprint density at radius 1 is 1.12 bits per heavy atom. The van der Waals surface area contributed by atoms with Gasteiger partial charge in [0.15, 0.2) is 5.65 Å². The van der Waals surface area contributed by atoms with Gasteiger partial charge in [0.05, 0.1) is 17.4 Å². The fourth-order valence-electron chi connectivity index (χ4n) is 5.08. The lowest BCUT2D eigenvalue weighted by atomic mass is 9.99. The fraction of sp³-hybridized carbons (Fsp3) is 0.565. The lowest BCUT2D eigenvalue weighted by Crippen LogP contribution is -2.39. The molecular weight excluding hydrogens is 428 g/mol. The second-order valence-electron chi connectivity index (χ2n) is 9.36. The first kappa shape index (κ1) is 21.8. The molecule has 2 aliphatic heterocycles. The third kappa shape index (κ3) is 3.95. The molecule has 8 nitrogen and oxygen atoms in total. The first-order chi connectivity index (χ1) is 15.8. The normalized spacial score (nSPS) is 21.5. The van der Waals surface area contributed by atoms with Crippen molar-refractivity contribution >= 4 is 17.4 Å². The van der Waals surface area contributed by atoms with Crippen LogP contribution in [-0.2, 0) is 0 Å². The van der Waals surface area contributed by atoms with E-state index in [9.17, 15) is 13.6 Å². The molecule has 0 aromatic carbocycles. The van der Waals surface area contributed by atoms with Gasteiger partial charge in [-0.25, -0.2) is 9.50 Å². The van der Waals surface area contributed by atoms with Gasteiger partial charge in [-0.05, 0) is 51.5 Å². The zero-order chi connectivity index (χ0) is 23.3. The number of piperidine rings is 1. The zero-order valence-corrected chi connectivity index (χ0v) is 19.2. The third-order valence-corrected chi connectivity index (χ3v) is 6.71. The number of alkyl halides is 2. The van der Waals surface area contributed by atoms with E-state index in [1.165, 1.54) is 6.07 Å². The number of amides is 1. The summed E-state index contributed by atoms with van der Waals surface area (Å²) in [7, 11) is 0. The van der Waals surface area contributed by atoms with Gasteiger partial charge in [-0.15, -0.1) is 0 Å².